The molecule has 0 saturated heterocycles. The van der Waals surface area contributed by atoms with E-state index in [4.69, 9.17) is 0 Å². The van der Waals surface area contributed by atoms with Gasteiger partial charge in [-0.15, -0.1) is 0 Å². The molecule has 0 spiro atoms. The molecule has 46 valence electrons. The third kappa shape index (κ3) is 1.64. The lowest BCUT2D eigenvalue weighted by atomic mass is 11.0. The average Bonchev–Trinajstić information content (AvgIpc) is 1.90. The highest BCUT2D eigenvalue weighted by Crippen LogP contribution is 2.08. The fraction of sp³-hybridized carbons (Fsp3) is 0. The third-order valence-electron chi connectivity index (χ3n) is 1.01. The first-order valence-electron chi connectivity index (χ1n) is 2.53. The molecule has 0 bridgehead atoms. The van der Waals surface area contributed by atoms with E-state index in [1.165, 1.54) is 0 Å². The van der Waals surface area contributed by atoms with Crippen molar-refractivity contribution in [2.24, 2.45) is 0 Å². The molecule has 1 nitrogen and oxygen atoms in total. The van der Waals surface area contributed by atoms with E-state index in [1.807, 2.05) is 12.1 Å². The quantitative estimate of drug-likeness (QED) is 0.622. The number of hydrogen-bond donors (Lipinski definition) is 0. The number of halogens is 1. The Morgan fingerprint density at radius 1 is 1.22 bits per heavy atom. The van der Waals surface area contributed by atoms with Crippen molar-refractivity contribution in [3.63, 3.8) is 0 Å². The SMILES string of the molecule is O=C[13c]1[13cH][13cH][13c](Br)[13cH][13cH]1. The van der Waals surface area contributed by atoms with Crippen LogP contribution in [0.5, 0.6) is 0 Å². The Bertz CT molecular complexity index is 203. The predicted molar refractivity (Wildman–Crippen MR) is 39.5 cm³/mol. The van der Waals surface area contributed by atoms with E-state index < -0.39 is 0 Å². The number of aldehydes is 1. The monoisotopic (exact) mass is 190 g/mol. The molecule has 0 atom stereocenters. The lowest BCUT2D eigenvalue weighted by Crippen LogP contribution is -1.75. The highest BCUT2D eigenvalue weighted by molar-refractivity contribution is 9.10. The summed E-state index contributed by atoms with van der Waals surface area (Å²) in [6, 6.07) is 7.20. The summed E-state index contributed by atoms with van der Waals surface area (Å²) in [6.07, 6.45) is 0.826. The molecule has 1 rings (SSSR count). The van der Waals surface area contributed by atoms with Crippen LogP contribution in [0.2, 0.25) is 0 Å². The zero-order chi connectivity index (χ0) is 6.69. The van der Waals surface area contributed by atoms with Crippen molar-refractivity contribution in [1.82, 2.24) is 0 Å². The Morgan fingerprint density at radius 2 is 1.78 bits per heavy atom. The number of carbonyl (C=O) groups is 1. The van der Waals surface area contributed by atoms with E-state index >= 15 is 0 Å². The maximum atomic E-state index is 10.1. The van der Waals surface area contributed by atoms with Crippen LogP contribution in [0.25, 0.3) is 0 Å². The summed E-state index contributed by atoms with van der Waals surface area (Å²) in [5.74, 6) is 0. The van der Waals surface area contributed by atoms with Crippen LogP contribution >= 0.6 is 15.9 Å². The van der Waals surface area contributed by atoms with Crippen LogP contribution < -0.4 is 0 Å². The molecular weight excluding hydrogens is 186 g/mol. The topological polar surface area (TPSA) is 17.1 Å². The van der Waals surface area contributed by atoms with Gasteiger partial charge in [-0.3, -0.25) is 4.79 Å². The van der Waals surface area contributed by atoms with Crippen molar-refractivity contribution in [2.45, 2.75) is 0 Å². The van der Waals surface area contributed by atoms with Crippen LogP contribution in [0, 0.1) is 0 Å². The molecule has 0 amide bonds. The summed E-state index contributed by atoms with van der Waals surface area (Å²) in [5.41, 5.74) is 0.707. The van der Waals surface area contributed by atoms with Crippen LogP contribution in [0.3, 0.4) is 0 Å². The average molecular weight is 191 g/mol. The number of rotatable bonds is 1. The first-order valence-corrected chi connectivity index (χ1v) is 3.33. The second kappa shape index (κ2) is 2.78. The molecule has 0 aliphatic rings. The Kier molecular flexibility index (Phi) is 2.01. The van der Waals surface area contributed by atoms with Gasteiger partial charge < -0.3 is 0 Å². The summed E-state index contributed by atoms with van der Waals surface area (Å²) in [4.78, 5) is 10.1. The maximum absolute atomic E-state index is 10.1. The molecule has 0 aromatic heterocycles. The zero-order valence-corrected chi connectivity index (χ0v) is 6.26. The van der Waals surface area contributed by atoms with Gasteiger partial charge in [-0.2, -0.15) is 0 Å². The van der Waals surface area contributed by atoms with E-state index in [9.17, 15) is 4.79 Å². The zero-order valence-electron chi connectivity index (χ0n) is 4.67. The van der Waals surface area contributed by atoms with Gasteiger partial charge in [0.15, 0.2) is 0 Å². The minimum absolute atomic E-state index is 0.707. The summed E-state index contributed by atoms with van der Waals surface area (Å²) >= 11 is 3.26. The van der Waals surface area contributed by atoms with Gasteiger partial charge in [0.05, 0.1) is 0 Å². The number of carbonyl (C=O) groups excluding carboxylic acids is 1. The van der Waals surface area contributed by atoms with Crippen molar-refractivity contribution in [3.05, 3.63) is 34.3 Å². The molecule has 0 aliphatic carbocycles. The number of benzene rings is 1. The van der Waals surface area contributed by atoms with Crippen molar-refractivity contribution >= 4 is 22.2 Å². The Labute approximate surface area is 61.8 Å². The van der Waals surface area contributed by atoms with E-state index in [1.54, 1.807) is 12.1 Å². The highest BCUT2D eigenvalue weighted by Gasteiger charge is 1.86. The van der Waals surface area contributed by atoms with Gasteiger partial charge in [-0.1, -0.05) is 28.1 Å². The van der Waals surface area contributed by atoms with E-state index in [-0.39, 0.29) is 0 Å². The standard InChI is InChI=1S/C7H5BrO/c8-7-3-1-6(5-9)2-4-7/h1-5H/i1+1,2+1,3+1,4+1,6+1,7+1. The van der Waals surface area contributed by atoms with E-state index in [0.717, 1.165) is 10.8 Å². The van der Waals surface area contributed by atoms with Gasteiger partial charge in [0.1, 0.15) is 6.29 Å². The molecule has 1 aromatic carbocycles. The molecule has 0 N–H and O–H groups in total. The van der Waals surface area contributed by atoms with Crippen LogP contribution in [-0.2, 0) is 0 Å². The molecular formula is C7H5BrO. The molecule has 2 heteroatoms. The molecule has 1 aromatic rings. The summed E-state index contributed by atoms with van der Waals surface area (Å²) < 4.78 is 0.994. The molecule has 0 heterocycles. The van der Waals surface area contributed by atoms with E-state index in [0.29, 0.717) is 5.56 Å². The van der Waals surface area contributed by atoms with E-state index in [2.05, 4.69) is 15.9 Å². The van der Waals surface area contributed by atoms with Crippen LogP contribution in [-0.4, -0.2) is 6.29 Å². The van der Waals surface area contributed by atoms with Gasteiger partial charge in [-0.05, 0) is 12.1 Å². The minimum atomic E-state index is 0.707. The number of hydrogen-bond acceptors (Lipinski definition) is 1. The molecule has 0 aliphatic heterocycles. The first kappa shape index (κ1) is 6.49. The molecule has 9 heavy (non-hydrogen) atoms. The molecule has 0 radical (unpaired) electrons. The highest BCUT2D eigenvalue weighted by atomic mass is 79.9. The Morgan fingerprint density at radius 3 is 2.22 bits per heavy atom. The van der Waals surface area contributed by atoms with Crippen LogP contribution in [0.4, 0.5) is 0 Å². The molecule has 0 unspecified atom stereocenters. The minimum Gasteiger partial charge on any atom is -0.298 e. The Balaban J connectivity index is 3.01. The van der Waals surface area contributed by atoms with Crippen molar-refractivity contribution < 1.29 is 4.79 Å². The normalized spacial score (nSPS) is 9.00. The van der Waals surface area contributed by atoms with Gasteiger partial charge in [0.25, 0.3) is 0 Å². The van der Waals surface area contributed by atoms with Crippen molar-refractivity contribution in [2.75, 3.05) is 0 Å². The van der Waals surface area contributed by atoms with Gasteiger partial charge in [0, 0.05) is 10.0 Å². The van der Waals surface area contributed by atoms with Crippen LogP contribution in [0.1, 0.15) is 10.4 Å². The smallest absolute Gasteiger partial charge is 0.150 e. The van der Waals surface area contributed by atoms with Crippen LogP contribution in [0.15, 0.2) is 28.7 Å². The van der Waals surface area contributed by atoms with Gasteiger partial charge in [-0.25, -0.2) is 0 Å². The summed E-state index contributed by atoms with van der Waals surface area (Å²) in [6.45, 7) is 0. The Hall–Kier alpha value is -0.630. The summed E-state index contributed by atoms with van der Waals surface area (Å²) in [5, 5.41) is 0. The summed E-state index contributed by atoms with van der Waals surface area (Å²) in [7, 11) is 0. The van der Waals surface area contributed by atoms with Crippen molar-refractivity contribution in [3.8, 4) is 0 Å². The second-order valence-corrected chi connectivity index (χ2v) is 2.59. The van der Waals surface area contributed by atoms with Gasteiger partial charge >= 0.3 is 0 Å². The molecule has 0 fully saturated rings. The maximum Gasteiger partial charge on any atom is 0.150 e. The lowest BCUT2D eigenvalue weighted by Gasteiger charge is -1.87. The molecule has 0 saturated carbocycles. The largest absolute Gasteiger partial charge is 0.298 e. The van der Waals surface area contributed by atoms with Crippen molar-refractivity contribution in [1.29, 1.82) is 0 Å². The third-order valence-corrected chi connectivity index (χ3v) is 1.53. The second-order valence-electron chi connectivity index (χ2n) is 1.67. The first-order chi connectivity index (χ1) is 4.33. The lowest BCUT2D eigenvalue weighted by molar-refractivity contribution is 0.112. The fourth-order valence-electron chi connectivity index (χ4n) is 0.541. The predicted octanol–water partition coefficient (Wildman–Crippen LogP) is 2.26. The van der Waals surface area contributed by atoms with Gasteiger partial charge in [0.2, 0.25) is 0 Å². The fourth-order valence-corrected chi connectivity index (χ4v) is 0.806.